The number of methoxy groups -OCH3 is 1. The number of anilines is 1. The number of nitrogens with one attached hydrogen (secondary N) is 1. The SMILES string of the molecule is COC(=O)c1ccccc1CSc1ncc(C)cc1NS(=O)(=O)c1cc2ccccc2o1. The lowest BCUT2D eigenvalue weighted by molar-refractivity contribution is 0.0600. The third kappa shape index (κ3) is 4.63. The first-order valence-electron chi connectivity index (χ1n) is 9.64. The number of nitrogens with zero attached hydrogens (tertiary/aromatic N) is 1. The van der Waals surface area contributed by atoms with E-state index in [2.05, 4.69) is 9.71 Å². The number of fused-ring (bicyclic) bond motifs is 1. The number of aromatic nitrogens is 1. The molecule has 4 aromatic rings. The summed E-state index contributed by atoms with van der Waals surface area (Å²) < 4.78 is 38.9. The van der Waals surface area contributed by atoms with Gasteiger partial charge in [-0.15, -0.1) is 0 Å². The highest BCUT2D eigenvalue weighted by Gasteiger charge is 2.22. The Kier molecular flexibility index (Phi) is 6.20. The number of hydrogen-bond donors (Lipinski definition) is 1. The normalized spacial score (nSPS) is 11.4. The molecule has 2 aromatic heterocycles. The lowest BCUT2D eigenvalue weighted by Crippen LogP contribution is -2.13. The van der Waals surface area contributed by atoms with Crippen LogP contribution in [0.3, 0.4) is 0 Å². The minimum Gasteiger partial charge on any atom is -0.465 e. The number of rotatable bonds is 7. The van der Waals surface area contributed by atoms with Crippen LogP contribution in [-0.4, -0.2) is 26.5 Å². The summed E-state index contributed by atoms with van der Waals surface area (Å²) in [6, 6.07) is 17.4. The second kappa shape index (κ2) is 9.05. The molecule has 0 fully saturated rings. The third-order valence-electron chi connectivity index (χ3n) is 4.69. The first-order valence-corrected chi connectivity index (χ1v) is 12.1. The minimum absolute atomic E-state index is 0.174. The molecule has 0 aliphatic rings. The predicted octanol–water partition coefficient (Wildman–Crippen LogP) is 5.02. The van der Waals surface area contributed by atoms with Gasteiger partial charge in [0.05, 0.1) is 18.4 Å². The predicted molar refractivity (Wildman–Crippen MR) is 123 cm³/mol. The molecule has 0 aliphatic heterocycles. The Morgan fingerprint density at radius 3 is 2.66 bits per heavy atom. The van der Waals surface area contributed by atoms with Crippen LogP contribution in [0.2, 0.25) is 0 Å². The van der Waals surface area contributed by atoms with Gasteiger partial charge in [0.25, 0.3) is 10.0 Å². The fourth-order valence-electron chi connectivity index (χ4n) is 3.13. The molecule has 2 heterocycles. The minimum atomic E-state index is -3.97. The Hall–Kier alpha value is -3.30. The summed E-state index contributed by atoms with van der Waals surface area (Å²) in [6.45, 7) is 1.83. The van der Waals surface area contributed by atoms with Gasteiger partial charge in [0.2, 0.25) is 5.09 Å². The number of ether oxygens (including phenoxy) is 1. The topological polar surface area (TPSA) is 98.5 Å². The van der Waals surface area contributed by atoms with E-state index in [4.69, 9.17) is 9.15 Å². The molecule has 9 heteroatoms. The first kappa shape index (κ1) is 21.9. The number of furan rings is 1. The summed E-state index contributed by atoms with van der Waals surface area (Å²) >= 11 is 1.32. The molecule has 0 amide bonds. The number of para-hydroxylation sites is 1. The summed E-state index contributed by atoms with van der Waals surface area (Å²) in [6.07, 6.45) is 1.66. The maximum Gasteiger partial charge on any atom is 0.338 e. The lowest BCUT2D eigenvalue weighted by Gasteiger charge is -2.12. The summed E-state index contributed by atoms with van der Waals surface area (Å²) in [4.78, 5) is 16.4. The Labute approximate surface area is 189 Å². The van der Waals surface area contributed by atoms with Crippen molar-refractivity contribution in [2.75, 3.05) is 11.8 Å². The Balaban J connectivity index is 1.61. The van der Waals surface area contributed by atoms with Gasteiger partial charge in [0.1, 0.15) is 10.6 Å². The lowest BCUT2D eigenvalue weighted by atomic mass is 10.1. The van der Waals surface area contributed by atoms with Crippen LogP contribution >= 0.6 is 11.8 Å². The van der Waals surface area contributed by atoms with Crippen molar-refractivity contribution in [3.8, 4) is 0 Å². The Morgan fingerprint density at radius 1 is 1.12 bits per heavy atom. The zero-order valence-corrected chi connectivity index (χ0v) is 19.0. The van der Waals surface area contributed by atoms with Crippen molar-refractivity contribution in [3.63, 3.8) is 0 Å². The molecule has 2 aromatic carbocycles. The van der Waals surface area contributed by atoms with Gasteiger partial charge in [-0.05, 0) is 36.2 Å². The fraction of sp³-hybridized carbons (Fsp3) is 0.130. The molecule has 0 aliphatic carbocycles. The monoisotopic (exact) mass is 468 g/mol. The van der Waals surface area contributed by atoms with Crippen molar-refractivity contribution in [1.82, 2.24) is 4.98 Å². The van der Waals surface area contributed by atoms with E-state index in [1.807, 2.05) is 25.1 Å². The van der Waals surface area contributed by atoms with E-state index >= 15 is 0 Å². The van der Waals surface area contributed by atoms with Gasteiger partial charge in [-0.3, -0.25) is 4.72 Å². The zero-order valence-electron chi connectivity index (χ0n) is 17.4. The van der Waals surface area contributed by atoms with Crippen molar-refractivity contribution in [2.24, 2.45) is 0 Å². The van der Waals surface area contributed by atoms with E-state index in [-0.39, 0.29) is 5.09 Å². The molecule has 0 spiro atoms. The molecular formula is C23H20N2O5S2. The molecule has 0 radical (unpaired) electrons. The molecule has 164 valence electrons. The van der Waals surface area contributed by atoms with Crippen molar-refractivity contribution >= 4 is 44.4 Å². The van der Waals surface area contributed by atoms with Crippen LogP contribution in [0.5, 0.6) is 0 Å². The van der Waals surface area contributed by atoms with E-state index in [0.717, 1.165) is 11.1 Å². The summed E-state index contributed by atoms with van der Waals surface area (Å²) in [7, 11) is -2.63. The molecule has 32 heavy (non-hydrogen) atoms. The number of aryl methyl sites for hydroxylation is 1. The number of thioether (sulfide) groups is 1. The van der Waals surface area contributed by atoms with Crippen molar-refractivity contribution in [1.29, 1.82) is 0 Å². The molecular weight excluding hydrogens is 448 g/mol. The molecule has 0 bridgehead atoms. The fourth-order valence-corrected chi connectivity index (χ4v) is 5.16. The van der Waals surface area contributed by atoms with Gasteiger partial charge in [0, 0.05) is 23.4 Å². The Bertz CT molecular complexity index is 1360. The first-order chi connectivity index (χ1) is 15.4. The number of benzene rings is 2. The molecule has 7 nitrogen and oxygen atoms in total. The molecule has 0 atom stereocenters. The van der Waals surface area contributed by atoms with E-state index in [1.165, 1.54) is 24.9 Å². The standard InChI is InChI=1S/C23H20N2O5S2/c1-15-11-19(25-32(27,28)21-12-16-7-4-6-10-20(16)30-21)22(24-13-15)31-14-17-8-3-5-9-18(17)23(26)29-2/h3-13,25H,14H2,1-2H3. The van der Waals surface area contributed by atoms with E-state index in [9.17, 15) is 13.2 Å². The van der Waals surface area contributed by atoms with Gasteiger partial charge in [-0.25, -0.2) is 9.78 Å². The van der Waals surface area contributed by atoms with Crippen LogP contribution in [0, 0.1) is 6.92 Å². The number of sulfonamides is 1. The highest BCUT2D eigenvalue weighted by Crippen LogP contribution is 2.32. The number of pyridine rings is 1. The maximum atomic E-state index is 13.0. The Morgan fingerprint density at radius 2 is 1.88 bits per heavy atom. The van der Waals surface area contributed by atoms with Crippen LogP contribution in [0.25, 0.3) is 11.0 Å². The smallest absolute Gasteiger partial charge is 0.338 e. The van der Waals surface area contributed by atoms with E-state index in [1.54, 1.807) is 42.6 Å². The number of esters is 1. The van der Waals surface area contributed by atoms with Crippen LogP contribution in [0.4, 0.5) is 5.69 Å². The molecule has 4 rings (SSSR count). The van der Waals surface area contributed by atoms with Gasteiger partial charge in [-0.1, -0.05) is 48.2 Å². The van der Waals surface area contributed by atoms with E-state index in [0.29, 0.717) is 33.0 Å². The number of carbonyl (C=O) groups excluding carboxylic acids is 1. The summed E-state index contributed by atoms with van der Waals surface area (Å²) in [5.41, 5.74) is 2.85. The van der Waals surface area contributed by atoms with Crippen LogP contribution in [0.15, 0.2) is 81.4 Å². The average Bonchev–Trinajstić information content (AvgIpc) is 3.23. The van der Waals surface area contributed by atoms with Crippen molar-refractivity contribution < 1.29 is 22.4 Å². The molecule has 0 unspecified atom stereocenters. The highest BCUT2D eigenvalue weighted by atomic mass is 32.2. The summed E-state index contributed by atoms with van der Waals surface area (Å²) in [5, 5.41) is 1.01. The highest BCUT2D eigenvalue weighted by molar-refractivity contribution is 7.98. The maximum absolute atomic E-state index is 13.0. The van der Waals surface area contributed by atoms with Crippen molar-refractivity contribution in [3.05, 3.63) is 83.6 Å². The molecule has 1 N–H and O–H groups in total. The van der Waals surface area contributed by atoms with Gasteiger partial charge in [-0.2, -0.15) is 8.42 Å². The van der Waals surface area contributed by atoms with Gasteiger partial charge in [0.15, 0.2) is 0 Å². The molecule has 0 saturated carbocycles. The van der Waals surface area contributed by atoms with Crippen LogP contribution in [-0.2, 0) is 20.5 Å². The number of carbonyl (C=O) groups is 1. The second-order valence-corrected chi connectivity index (χ2v) is 9.59. The van der Waals surface area contributed by atoms with E-state index < -0.39 is 16.0 Å². The quantitative estimate of drug-likeness (QED) is 0.300. The average molecular weight is 469 g/mol. The summed E-state index contributed by atoms with van der Waals surface area (Å²) in [5.74, 6) is -0.0235. The van der Waals surface area contributed by atoms with Crippen LogP contribution in [0.1, 0.15) is 21.5 Å². The number of hydrogen-bond acceptors (Lipinski definition) is 7. The van der Waals surface area contributed by atoms with Gasteiger partial charge < -0.3 is 9.15 Å². The second-order valence-electron chi connectivity index (χ2n) is 7.01. The third-order valence-corrected chi connectivity index (χ3v) is 6.96. The molecule has 0 saturated heterocycles. The van der Waals surface area contributed by atoms with Crippen molar-refractivity contribution in [2.45, 2.75) is 22.8 Å². The van der Waals surface area contributed by atoms with Crippen LogP contribution < -0.4 is 4.72 Å². The zero-order chi connectivity index (χ0) is 22.7. The van der Waals surface area contributed by atoms with Gasteiger partial charge >= 0.3 is 5.97 Å². The largest absolute Gasteiger partial charge is 0.465 e.